The molecule has 0 bridgehead atoms. The van der Waals surface area contributed by atoms with Gasteiger partial charge >= 0.3 is 5.97 Å². The summed E-state index contributed by atoms with van der Waals surface area (Å²) in [5.41, 5.74) is -0.453. The molecule has 0 spiro atoms. The highest BCUT2D eigenvalue weighted by Crippen LogP contribution is 2.62. The molecule has 33 heavy (non-hydrogen) atoms. The first-order chi connectivity index (χ1) is 15.4. The number of Topliss-reactive ketones (excluding diaryl/α,β-unsaturated/α-hetero) is 1. The Kier molecular flexibility index (Phi) is 5.90. The maximum absolute atomic E-state index is 13.4. The minimum absolute atomic E-state index is 0.0112. The number of rotatable bonds is 4. The summed E-state index contributed by atoms with van der Waals surface area (Å²) >= 11 is 0. The van der Waals surface area contributed by atoms with E-state index in [0.717, 1.165) is 18.4 Å². The minimum atomic E-state index is -1.18. The van der Waals surface area contributed by atoms with Gasteiger partial charge in [-0.05, 0) is 81.1 Å². The van der Waals surface area contributed by atoms with Crippen LogP contribution in [0.4, 0.5) is 5.69 Å². The first kappa shape index (κ1) is 23.8. The average Bonchev–Trinajstić information content (AvgIpc) is 2.73. The highest BCUT2D eigenvalue weighted by molar-refractivity contribution is 5.99. The molecule has 1 saturated carbocycles. The summed E-state index contributed by atoms with van der Waals surface area (Å²) in [5.74, 6) is 0.0181. The van der Waals surface area contributed by atoms with E-state index in [1.807, 2.05) is 13.0 Å². The second-order valence-corrected chi connectivity index (χ2v) is 10.8. The summed E-state index contributed by atoms with van der Waals surface area (Å²) in [4.78, 5) is 26.4. The topological polar surface area (TPSA) is 111 Å². The Balaban J connectivity index is 1.62. The van der Waals surface area contributed by atoms with E-state index >= 15 is 0 Å². The van der Waals surface area contributed by atoms with Gasteiger partial charge in [0.15, 0.2) is 11.5 Å². The van der Waals surface area contributed by atoms with Crippen LogP contribution < -0.4 is 9.96 Å². The molecule has 1 unspecified atom stereocenters. The van der Waals surface area contributed by atoms with Crippen molar-refractivity contribution in [2.45, 2.75) is 65.4 Å². The van der Waals surface area contributed by atoms with Gasteiger partial charge in [-0.25, -0.2) is 5.21 Å². The van der Waals surface area contributed by atoms with Gasteiger partial charge in [0.25, 0.3) is 0 Å². The van der Waals surface area contributed by atoms with Gasteiger partial charge in [-0.2, -0.15) is 5.23 Å². The highest BCUT2D eigenvalue weighted by Gasteiger charge is 2.58. The lowest BCUT2D eigenvalue weighted by Crippen LogP contribution is -2.99. The van der Waals surface area contributed by atoms with Crippen LogP contribution in [0.3, 0.4) is 0 Å². The van der Waals surface area contributed by atoms with E-state index in [9.17, 15) is 19.9 Å². The predicted octanol–water partition coefficient (Wildman–Crippen LogP) is 3.42. The second-order valence-electron chi connectivity index (χ2n) is 10.8. The first-order valence-electron chi connectivity index (χ1n) is 11.6. The summed E-state index contributed by atoms with van der Waals surface area (Å²) in [5, 5.41) is 29.6. The van der Waals surface area contributed by atoms with Gasteiger partial charge < -0.3 is 15.1 Å². The summed E-state index contributed by atoms with van der Waals surface area (Å²) in [7, 11) is 0. The maximum Gasteiger partial charge on any atom is 0.317 e. The van der Waals surface area contributed by atoms with Gasteiger partial charge in [-0.1, -0.05) is 19.4 Å². The Morgan fingerprint density at radius 3 is 2.48 bits per heavy atom. The maximum atomic E-state index is 13.4. The Morgan fingerprint density at radius 1 is 1.21 bits per heavy atom. The molecule has 0 amide bonds. The molecule has 3 aliphatic carbocycles. The van der Waals surface area contributed by atoms with Crippen molar-refractivity contribution >= 4 is 17.4 Å². The van der Waals surface area contributed by atoms with Gasteiger partial charge in [0, 0.05) is 24.1 Å². The molecule has 0 heterocycles. The Morgan fingerprint density at radius 2 is 1.88 bits per heavy atom. The molecule has 0 radical (unpaired) electrons. The fourth-order valence-electron chi connectivity index (χ4n) is 6.34. The normalized spacial score (nSPS) is 32.8. The van der Waals surface area contributed by atoms with Crippen molar-refractivity contribution in [1.82, 2.24) is 0 Å². The lowest BCUT2D eigenvalue weighted by atomic mass is 9.46. The number of hydrogen-bond acceptors (Lipinski definition) is 6. The number of benzene rings is 1. The molecule has 1 aromatic rings. The molecule has 0 saturated heterocycles. The lowest BCUT2D eigenvalue weighted by Gasteiger charge is -2.57. The van der Waals surface area contributed by atoms with E-state index < -0.39 is 16.2 Å². The number of allylic oxidation sites excluding steroid dienone is 3. The molecule has 7 heteroatoms. The molecule has 178 valence electrons. The number of nitrogens with one attached hydrogen (secondary N) is 1. The SMILES string of the molecule is CC(C)(O)C1=CC2=CC[C@@H]3[C@](C)(CCC[C@@]3(C)C(=O)Oc3ccc([NH+]([O-])O)cc3)[C@H]2CC1=O. The smallest absolute Gasteiger partial charge is 0.317 e. The molecule has 0 aliphatic heterocycles. The van der Waals surface area contributed by atoms with E-state index in [-0.39, 0.29) is 34.7 Å². The van der Waals surface area contributed by atoms with Crippen molar-refractivity contribution in [1.29, 1.82) is 0 Å². The fraction of sp³-hybridized carbons (Fsp3) is 0.538. The third-order valence-corrected chi connectivity index (χ3v) is 8.20. The zero-order valence-corrected chi connectivity index (χ0v) is 19.7. The molecule has 3 N–H and O–H groups in total. The average molecular weight is 456 g/mol. The quantitative estimate of drug-likeness (QED) is 0.364. The van der Waals surface area contributed by atoms with Crippen molar-refractivity contribution < 1.29 is 29.9 Å². The summed E-state index contributed by atoms with van der Waals surface area (Å²) in [6.07, 6.45) is 7.53. The molecule has 0 aromatic heterocycles. The van der Waals surface area contributed by atoms with Crippen LogP contribution in [-0.4, -0.2) is 27.7 Å². The van der Waals surface area contributed by atoms with Crippen LogP contribution in [0, 0.1) is 27.9 Å². The van der Waals surface area contributed by atoms with Crippen LogP contribution in [0.2, 0.25) is 0 Å². The van der Waals surface area contributed by atoms with E-state index in [0.29, 0.717) is 30.6 Å². The summed E-state index contributed by atoms with van der Waals surface area (Å²) in [6.45, 7) is 7.44. The molecule has 1 aromatic carbocycles. The van der Waals surface area contributed by atoms with Crippen molar-refractivity contribution in [3.05, 3.63) is 52.8 Å². The van der Waals surface area contributed by atoms with Gasteiger partial charge in [0.1, 0.15) is 5.75 Å². The number of quaternary nitrogens is 1. The van der Waals surface area contributed by atoms with Crippen LogP contribution >= 0.6 is 0 Å². The zero-order valence-electron chi connectivity index (χ0n) is 19.7. The number of ketones is 1. The third-order valence-electron chi connectivity index (χ3n) is 8.20. The van der Waals surface area contributed by atoms with Crippen molar-refractivity contribution in [2.24, 2.45) is 22.7 Å². The van der Waals surface area contributed by atoms with E-state index in [4.69, 9.17) is 9.94 Å². The number of ether oxygens (including phenoxy) is 1. The Hall–Kier alpha value is -2.32. The number of carbonyl (C=O) groups is 2. The number of fused-ring (bicyclic) bond motifs is 3. The first-order valence-corrected chi connectivity index (χ1v) is 11.6. The summed E-state index contributed by atoms with van der Waals surface area (Å²) < 4.78 is 5.74. The number of hydrogen-bond donors (Lipinski definition) is 3. The Bertz CT molecular complexity index is 1020. The number of aliphatic hydroxyl groups is 1. The molecule has 1 fully saturated rings. The van der Waals surface area contributed by atoms with Crippen LogP contribution in [-0.2, 0) is 9.59 Å². The fourth-order valence-corrected chi connectivity index (χ4v) is 6.34. The number of carbonyl (C=O) groups excluding carboxylic acids is 2. The molecule has 7 nitrogen and oxygen atoms in total. The molecular formula is C26H33NO6. The monoisotopic (exact) mass is 455 g/mol. The zero-order chi connectivity index (χ0) is 24.2. The van der Waals surface area contributed by atoms with Crippen molar-refractivity contribution in [3.63, 3.8) is 0 Å². The van der Waals surface area contributed by atoms with Gasteiger partial charge in [0.05, 0.1) is 11.0 Å². The molecular weight excluding hydrogens is 422 g/mol. The van der Waals surface area contributed by atoms with Crippen LogP contribution in [0.15, 0.2) is 47.6 Å². The summed E-state index contributed by atoms with van der Waals surface area (Å²) in [6, 6.07) is 5.87. The second kappa shape index (κ2) is 8.17. The molecule has 3 aliphatic rings. The largest absolute Gasteiger partial charge is 0.595 e. The van der Waals surface area contributed by atoms with E-state index in [1.165, 1.54) is 24.3 Å². The Labute approximate surface area is 194 Å². The van der Waals surface area contributed by atoms with Crippen molar-refractivity contribution in [3.8, 4) is 5.75 Å². The predicted molar refractivity (Wildman–Crippen MR) is 122 cm³/mol. The number of esters is 1. The van der Waals surface area contributed by atoms with Crippen LogP contribution in [0.5, 0.6) is 5.75 Å². The third kappa shape index (κ3) is 4.08. The van der Waals surface area contributed by atoms with E-state index in [2.05, 4.69) is 13.0 Å². The van der Waals surface area contributed by atoms with Gasteiger partial charge in [-0.3, -0.25) is 9.59 Å². The highest BCUT2D eigenvalue weighted by atomic mass is 16.8. The van der Waals surface area contributed by atoms with Gasteiger partial charge in [-0.15, -0.1) is 0 Å². The lowest BCUT2D eigenvalue weighted by molar-refractivity contribution is -0.991. The standard InChI is InChI=1S/C26H33NO6/c1-24(2,30)20-14-16-6-11-22-25(3,19(16)15-21(20)28)12-5-13-26(22,4)23(29)33-18-9-7-17(8-10-18)27(31)32/h6-10,14,19,22,27,30-31H,5,11-13,15H2,1-4H3/t19-,22+,25+,26+/m0/s1. The van der Waals surface area contributed by atoms with Crippen LogP contribution in [0.25, 0.3) is 0 Å². The van der Waals surface area contributed by atoms with Crippen LogP contribution in [0.1, 0.15) is 59.8 Å². The molecule has 5 atom stereocenters. The molecule has 4 rings (SSSR count). The minimum Gasteiger partial charge on any atom is -0.595 e. The van der Waals surface area contributed by atoms with Crippen molar-refractivity contribution in [2.75, 3.05) is 0 Å². The van der Waals surface area contributed by atoms with Gasteiger partial charge in [0.2, 0.25) is 0 Å². The van der Waals surface area contributed by atoms with E-state index in [1.54, 1.807) is 13.8 Å².